The van der Waals surface area contributed by atoms with Gasteiger partial charge in [-0.1, -0.05) is 60.7 Å². The van der Waals surface area contributed by atoms with Crippen LogP contribution in [0, 0.1) is 0 Å². The molecule has 3 N–H and O–H groups in total. The summed E-state index contributed by atoms with van der Waals surface area (Å²) in [5.41, 5.74) is 8.91. The maximum Gasteiger partial charge on any atom is 0.265 e. The van der Waals surface area contributed by atoms with E-state index >= 15 is 0 Å². The van der Waals surface area contributed by atoms with Gasteiger partial charge in [0.05, 0.1) is 10.6 Å². The molecular formula is C24H25N3O3S. The van der Waals surface area contributed by atoms with Crippen molar-refractivity contribution in [1.29, 1.82) is 0 Å². The first-order valence-corrected chi connectivity index (χ1v) is 11.7. The first kappa shape index (κ1) is 21.1. The van der Waals surface area contributed by atoms with E-state index in [-0.39, 0.29) is 17.3 Å². The number of anilines is 1. The van der Waals surface area contributed by atoms with Crippen molar-refractivity contribution in [2.75, 3.05) is 10.8 Å². The molecule has 3 aromatic rings. The molecule has 0 bridgehead atoms. The van der Waals surface area contributed by atoms with E-state index in [1.807, 2.05) is 42.5 Å². The second kappa shape index (κ2) is 8.91. The van der Waals surface area contributed by atoms with Gasteiger partial charge in [-0.25, -0.2) is 8.42 Å². The van der Waals surface area contributed by atoms with Crippen LogP contribution in [0.3, 0.4) is 0 Å². The summed E-state index contributed by atoms with van der Waals surface area (Å²) < 4.78 is 28.4. The van der Waals surface area contributed by atoms with Gasteiger partial charge >= 0.3 is 0 Å². The second-order valence-electron chi connectivity index (χ2n) is 7.53. The SMILES string of the molecule is NCc1cccc(S(=O)(=O)N2c3ccccc3C[C@H]2C(=O)NCCc2ccccc2)c1. The van der Waals surface area contributed by atoms with Crippen molar-refractivity contribution in [3.8, 4) is 0 Å². The molecule has 1 aliphatic heterocycles. The van der Waals surface area contributed by atoms with Crippen molar-refractivity contribution >= 4 is 21.6 Å². The summed E-state index contributed by atoms with van der Waals surface area (Å²) in [4.78, 5) is 13.2. The van der Waals surface area contributed by atoms with E-state index in [2.05, 4.69) is 5.32 Å². The molecule has 1 amide bonds. The summed E-state index contributed by atoms with van der Waals surface area (Å²) in [6, 6.07) is 22.8. The Balaban J connectivity index is 1.60. The number of carbonyl (C=O) groups is 1. The van der Waals surface area contributed by atoms with Crippen LogP contribution in [0.4, 0.5) is 5.69 Å². The zero-order valence-electron chi connectivity index (χ0n) is 17.1. The Labute approximate surface area is 182 Å². The molecule has 0 aliphatic carbocycles. The Morgan fingerprint density at radius 2 is 1.68 bits per heavy atom. The number of carbonyl (C=O) groups excluding carboxylic acids is 1. The van der Waals surface area contributed by atoms with Crippen LogP contribution in [0.25, 0.3) is 0 Å². The quantitative estimate of drug-likeness (QED) is 0.597. The highest BCUT2D eigenvalue weighted by Gasteiger charge is 2.42. The fourth-order valence-corrected chi connectivity index (χ4v) is 5.61. The number of hydrogen-bond acceptors (Lipinski definition) is 4. The molecule has 1 aliphatic rings. The van der Waals surface area contributed by atoms with E-state index in [0.29, 0.717) is 25.1 Å². The van der Waals surface area contributed by atoms with Crippen LogP contribution in [-0.4, -0.2) is 26.9 Å². The van der Waals surface area contributed by atoms with Gasteiger partial charge in [-0.2, -0.15) is 0 Å². The summed E-state index contributed by atoms with van der Waals surface area (Å²) >= 11 is 0. The average molecular weight is 436 g/mol. The number of fused-ring (bicyclic) bond motifs is 1. The highest BCUT2D eigenvalue weighted by atomic mass is 32.2. The number of para-hydroxylation sites is 1. The van der Waals surface area contributed by atoms with Gasteiger partial charge < -0.3 is 11.1 Å². The Morgan fingerprint density at radius 3 is 2.45 bits per heavy atom. The molecule has 1 heterocycles. The van der Waals surface area contributed by atoms with E-state index in [1.165, 1.54) is 4.31 Å². The largest absolute Gasteiger partial charge is 0.354 e. The van der Waals surface area contributed by atoms with Crippen molar-refractivity contribution < 1.29 is 13.2 Å². The molecule has 0 saturated carbocycles. The van der Waals surface area contributed by atoms with Gasteiger partial charge in [-0.05, 0) is 41.3 Å². The molecule has 4 rings (SSSR count). The highest BCUT2D eigenvalue weighted by molar-refractivity contribution is 7.93. The number of hydrogen-bond donors (Lipinski definition) is 2. The third-order valence-corrected chi connectivity index (χ3v) is 7.29. The first-order chi connectivity index (χ1) is 15.0. The predicted octanol–water partition coefficient (Wildman–Crippen LogP) is 2.62. The zero-order chi connectivity index (χ0) is 21.8. The third kappa shape index (κ3) is 4.33. The monoisotopic (exact) mass is 435 g/mol. The molecule has 3 aromatic carbocycles. The summed E-state index contributed by atoms with van der Waals surface area (Å²) in [6.07, 6.45) is 1.01. The van der Waals surface area contributed by atoms with Gasteiger partial charge in [-0.3, -0.25) is 9.10 Å². The number of nitrogens with zero attached hydrogens (tertiary/aromatic N) is 1. The number of rotatable bonds is 7. The Morgan fingerprint density at radius 1 is 0.968 bits per heavy atom. The standard InChI is InChI=1S/C24H25N3O3S/c25-17-19-9-6-11-21(15-19)31(29,30)27-22-12-5-4-10-20(22)16-23(27)24(28)26-14-13-18-7-2-1-3-8-18/h1-12,15,23H,13-14,16-17,25H2,(H,26,28)/t23-/m0/s1. The molecule has 0 radical (unpaired) electrons. The highest BCUT2D eigenvalue weighted by Crippen LogP contribution is 2.37. The fourth-order valence-electron chi connectivity index (χ4n) is 3.89. The van der Waals surface area contributed by atoms with E-state index in [4.69, 9.17) is 5.73 Å². The first-order valence-electron chi connectivity index (χ1n) is 10.2. The van der Waals surface area contributed by atoms with Crippen LogP contribution in [0.15, 0.2) is 83.8 Å². The molecule has 160 valence electrons. The average Bonchev–Trinajstić information content (AvgIpc) is 3.20. The van der Waals surface area contributed by atoms with Crippen molar-refractivity contribution in [3.05, 3.63) is 95.6 Å². The van der Waals surface area contributed by atoms with Gasteiger partial charge in [0.1, 0.15) is 6.04 Å². The van der Waals surface area contributed by atoms with Crippen LogP contribution < -0.4 is 15.4 Å². The molecule has 6 nitrogen and oxygen atoms in total. The van der Waals surface area contributed by atoms with Gasteiger partial charge in [0.2, 0.25) is 5.91 Å². The van der Waals surface area contributed by atoms with Crippen LogP contribution >= 0.6 is 0 Å². The number of amides is 1. The lowest BCUT2D eigenvalue weighted by Gasteiger charge is -2.26. The Kier molecular flexibility index (Phi) is 6.06. The molecule has 31 heavy (non-hydrogen) atoms. The van der Waals surface area contributed by atoms with Gasteiger partial charge in [0.25, 0.3) is 10.0 Å². The summed E-state index contributed by atoms with van der Waals surface area (Å²) in [5, 5.41) is 2.92. The molecule has 0 fully saturated rings. The fraction of sp³-hybridized carbons (Fsp3) is 0.208. The lowest BCUT2D eigenvalue weighted by molar-refractivity contribution is -0.122. The molecule has 0 unspecified atom stereocenters. The minimum absolute atomic E-state index is 0.134. The third-order valence-electron chi connectivity index (χ3n) is 5.47. The lowest BCUT2D eigenvalue weighted by atomic mass is 10.1. The van der Waals surface area contributed by atoms with Crippen LogP contribution in [0.2, 0.25) is 0 Å². The van der Waals surface area contributed by atoms with Crippen LogP contribution in [0.1, 0.15) is 16.7 Å². The van der Waals surface area contributed by atoms with Gasteiger partial charge in [0.15, 0.2) is 0 Å². The number of benzene rings is 3. The number of nitrogens with one attached hydrogen (secondary N) is 1. The summed E-state index contributed by atoms with van der Waals surface area (Å²) in [7, 11) is -3.94. The lowest BCUT2D eigenvalue weighted by Crippen LogP contribution is -2.48. The van der Waals surface area contributed by atoms with E-state index < -0.39 is 16.1 Å². The Bertz CT molecular complexity index is 1180. The Hall–Kier alpha value is -3.16. The summed E-state index contributed by atoms with van der Waals surface area (Å²) in [6.45, 7) is 0.676. The van der Waals surface area contributed by atoms with Gasteiger partial charge in [-0.15, -0.1) is 0 Å². The van der Waals surface area contributed by atoms with Crippen molar-refractivity contribution in [2.45, 2.75) is 30.3 Å². The normalized spacial score (nSPS) is 15.5. The maximum atomic E-state index is 13.6. The predicted molar refractivity (Wildman–Crippen MR) is 121 cm³/mol. The minimum Gasteiger partial charge on any atom is -0.354 e. The van der Waals surface area contributed by atoms with E-state index in [9.17, 15) is 13.2 Å². The molecule has 0 saturated heterocycles. The second-order valence-corrected chi connectivity index (χ2v) is 9.34. The minimum atomic E-state index is -3.94. The topological polar surface area (TPSA) is 92.5 Å². The van der Waals surface area contributed by atoms with Crippen molar-refractivity contribution in [2.24, 2.45) is 5.73 Å². The summed E-state index contributed by atoms with van der Waals surface area (Å²) in [5.74, 6) is -0.300. The number of nitrogens with two attached hydrogens (primary N) is 1. The number of sulfonamides is 1. The van der Waals surface area contributed by atoms with Crippen molar-refractivity contribution in [3.63, 3.8) is 0 Å². The molecule has 7 heteroatoms. The molecule has 0 aromatic heterocycles. The van der Waals surface area contributed by atoms with E-state index in [1.54, 1.807) is 36.4 Å². The maximum absolute atomic E-state index is 13.6. The van der Waals surface area contributed by atoms with Crippen molar-refractivity contribution in [1.82, 2.24) is 5.32 Å². The molecular weight excluding hydrogens is 410 g/mol. The smallest absolute Gasteiger partial charge is 0.265 e. The van der Waals surface area contributed by atoms with Gasteiger partial charge in [0, 0.05) is 19.5 Å². The van der Waals surface area contributed by atoms with E-state index in [0.717, 1.165) is 16.7 Å². The zero-order valence-corrected chi connectivity index (χ0v) is 17.9. The van der Waals surface area contributed by atoms with Crippen LogP contribution in [0.5, 0.6) is 0 Å². The molecule has 1 atom stereocenters. The van der Waals surface area contributed by atoms with Crippen LogP contribution in [-0.2, 0) is 34.2 Å². The molecule has 0 spiro atoms.